The Morgan fingerprint density at radius 3 is 2.50 bits per heavy atom. The number of rotatable bonds is 1. The first-order valence-corrected chi connectivity index (χ1v) is 5.11. The highest BCUT2D eigenvalue weighted by Crippen LogP contribution is 2.34. The SMILES string of the molecule is Fc1nccc(-c2cccc(Cl)c2Cl)c1F. The Bertz CT molecular complexity index is 494. The van der Waals surface area contributed by atoms with Crippen LogP contribution in [0.5, 0.6) is 0 Å². The van der Waals surface area contributed by atoms with Gasteiger partial charge in [0.15, 0.2) is 5.82 Å². The lowest BCUT2D eigenvalue weighted by atomic mass is 10.1. The van der Waals surface area contributed by atoms with Gasteiger partial charge in [0, 0.05) is 17.3 Å². The molecule has 0 saturated carbocycles. The fourth-order valence-corrected chi connectivity index (χ4v) is 1.74. The molecule has 0 fully saturated rings. The van der Waals surface area contributed by atoms with E-state index in [1.165, 1.54) is 12.3 Å². The third-order valence-electron chi connectivity index (χ3n) is 2.09. The fraction of sp³-hybridized carbons (Fsp3) is 0. The maximum absolute atomic E-state index is 13.5. The number of nitrogens with zero attached hydrogens (tertiary/aromatic N) is 1. The maximum atomic E-state index is 13.5. The van der Waals surface area contributed by atoms with E-state index in [1.54, 1.807) is 18.2 Å². The molecule has 5 heteroatoms. The molecular formula is C11H5Cl2F2N. The van der Waals surface area contributed by atoms with Crippen molar-refractivity contribution < 1.29 is 8.78 Å². The standard InChI is InChI=1S/C11H5Cl2F2N/c12-8-3-1-2-6(9(8)13)7-4-5-16-11(15)10(7)14/h1-5H. The summed E-state index contributed by atoms with van der Waals surface area (Å²) in [5, 5.41) is 0.476. The van der Waals surface area contributed by atoms with Crippen molar-refractivity contribution >= 4 is 23.2 Å². The Kier molecular flexibility index (Phi) is 3.08. The van der Waals surface area contributed by atoms with Crippen molar-refractivity contribution in [2.45, 2.75) is 0 Å². The quantitative estimate of drug-likeness (QED) is 0.695. The molecule has 16 heavy (non-hydrogen) atoms. The summed E-state index contributed by atoms with van der Waals surface area (Å²) in [4.78, 5) is 3.20. The van der Waals surface area contributed by atoms with Gasteiger partial charge >= 0.3 is 0 Å². The Morgan fingerprint density at radius 2 is 1.75 bits per heavy atom. The van der Waals surface area contributed by atoms with E-state index in [1.807, 2.05) is 0 Å². The molecule has 0 radical (unpaired) electrons. The summed E-state index contributed by atoms with van der Waals surface area (Å²) in [6.45, 7) is 0. The zero-order valence-electron chi connectivity index (χ0n) is 7.85. The Hall–Kier alpha value is -1.19. The molecule has 2 aromatic rings. The zero-order chi connectivity index (χ0) is 11.7. The lowest BCUT2D eigenvalue weighted by Crippen LogP contribution is -1.93. The molecule has 1 heterocycles. The average Bonchev–Trinajstić information content (AvgIpc) is 2.27. The molecule has 0 spiro atoms. The zero-order valence-corrected chi connectivity index (χ0v) is 9.36. The van der Waals surface area contributed by atoms with Gasteiger partial charge < -0.3 is 0 Å². The van der Waals surface area contributed by atoms with Crippen LogP contribution in [-0.2, 0) is 0 Å². The summed E-state index contributed by atoms with van der Waals surface area (Å²) in [5.74, 6) is -2.19. The van der Waals surface area contributed by atoms with E-state index in [0.29, 0.717) is 5.56 Å². The molecule has 0 aliphatic rings. The molecule has 0 saturated heterocycles. The number of benzene rings is 1. The molecule has 0 aliphatic heterocycles. The highest BCUT2D eigenvalue weighted by molar-refractivity contribution is 6.43. The second-order valence-corrected chi connectivity index (χ2v) is 3.85. The largest absolute Gasteiger partial charge is 0.249 e. The molecule has 0 atom stereocenters. The van der Waals surface area contributed by atoms with Crippen molar-refractivity contribution in [3.8, 4) is 11.1 Å². The van der Waals surface area contributed by atoms with Crippen molar-refractivity contribution in [2.24, 2.45) is 0 Å². The minimum atomic E-state index is -1.16. The number of hydrogen-bond acceptors (Lipinski definition) is 1. The van der Waals surface area contributed by atoms with Crippen molar-refractivity contribution in [1.29, 1.82) is 0 Å². The van der Waals surface area contributed by atoms with Crippen molar-refractivity contribution in [1.82, 2.24) is 4.98 Å². The normalized spacial score (nSPS) is 10.5. The number of pyridine rings is 1. The molecule has 1 aromatic carbocycles. The second-order valence-electron chi connectivity index (χ2n) is 3.06. The summed E-state index contributed by atoms with van der Waals surface area (Å²) >= 11 is 11.7. The number of aromatic nitrogens is 1. The highest BCUT2D eigenvalue weighted by Gasteiger charge is 2.14. The van der Waals surface area contributed by atoms with Gasteiger partial charge in [-0.2, -0.15) is 4.39 Å². The Balaban J connectivity index is 2.68. The molecule has 1 aromatic heterocycles. The van der Waals surface area contributed by atoms with E-state index in [0.717, 1.165) is 0 Å². The van der Waals surface area contributed by atoms with Gasteiger partial charge in [0.25, 0.3) is 0 Å². The third kappa shape index (κ3) is 1.88. The van der Waals surface area contributed by atoms with Crippen LogP contribution in [-0.4, -0.2) is 4.98 Å². The van der Waals surface area contributed by atoms with E-state index in [9.17, 15) is 8.78 Å². The maximum Gasteiger partial charge on any atom is 0.249 e. The summed E-state index contributed by atoms with van der Waals surface area (Å²) in [7, 11) is 0. The van der Waals surface area contributed by atoms with Crippen LogP contribution in [0.2, 0.25) is 10.0 Å². The molecule has 82 valence electrons. The fourth-order valence-electron chi connectivity index (χ4n) is 1.34. The first kappa shape index (κ1) is 11.3. The van der Waals surface area contributed by atoms with E-state index in [4.69, 9.17) is 23.2 Å². The van der Waals surface area contributed by atoms with E-state index >= 15 is 0 Å². The Labute approximate surface area is 101 Å². The smallest absolute Gasteiger partial charge is 0.226 e. The topological polar surface area (TPSA) is 12.9 Å². The second kappa shape index (κ2) is 4.36. The molecular weight excluding hydrogens is 255 g/mol. The molecule has 1 nitrogen and oxygen atoms in total. The average molecular weight is 260 g/mol. The van der Waals surface area contributed by atoms with Crippen LogP contribution in [0.3, 0.4) is 0 Å². The number of hydrogen-bond donors (Lipinski definition) is 0. The monoisotopic (exact) mass is 259 g/mol. The van der Waals surface area contributed by atoms with Crippen LogP contribution < -0.4 is 0 Å². The molecule has 0 N–H and O–H groups in total. The highest BCUT2D eigenvalue weighted by atomic mass is 35.5. The summed E-state index contributed by atoms with van der Waals surface area (Å²) in [6, 6.07) is 6.09. The Morgan fingerprint density at radius 1 is 1.00 bits per heavy atom. The van der Waals surface area contributed by atoms with E-state index < -0.39 is 11.8 Å². The molecule has 0 unspecified atom stereocenters. The minimum Gasteiger partial charge on any atom is -0.226 e. The minimum absolute atomic E-state index is 0.0417. The predicted octanol–water partition coefficient (Wildman–Crippen LogP) is 4.33. The van der Waals surface area contributed by atoms with Gasteiger partial charge in [0.05, 0.1) is 10.0 Å². The summed E-state index contributed by atoms with van der Waals surface area (Å²) < 4.78 is 26.4. The van der Waals surface area contributed by atoms with Gasteiger partial charge in [-0.05, 0) is 12.1 Å². The van der Waals surface area contributed by atoms with Gasteiger partial charge in [-0.25, -0.2) is 9.37 Å². The molecule has 2 rings (SSSR count). The number of halogens is 4. The van der Waals surface area contributed by atoms with E-state index in [-0.39, 0.29) is 15.6 Å². The van der Waals surface area contributed by atoms with Crippen LogP contribution in [0.1, 0.15) is 0 Å². The molecule has 0 amide bonds. The lowest BCUT2D eigenvalue weighted by Gasteiger charge is -2.06. The molecule has 0 bridgehead atoms. The van der Waals surface area contributed by atoms with Gasteiger partial charge in [-0.15, -0.1) is 0 Å². The van der Waals surface area contributed by atoms with Gasteiger partial charge in [-0.3, -0.25) is 0 Å². The van der Waals surface area contributed by atoms with E-state index in [2.05, 4.69) is 4.98 Å². The van der Waals surface area contributed by atoms with Crippen molar-refractivity contribution in [3.63, 3.8) is 0 Å². The molecule has 0 aliphatic carbocycles. The van der Waals surface area contributed by atoms with Crippen LogP contribution in [0, 0.1) is 11.8 Å². The van der Waals surface area contributed by atoms with Crippen LogP contribution >= 0.6 is 23.2 Å². The van der Waals surface area contributed by atoms with Crippen LogP contribution in [0.25, 0.3) is 11.1 Å². The lowest BCUT2D eigenvalue weighted by molar-refractivity contribution is 0.482. The summed E-state index contributed by atoms with van der Waals surface area (Å²) in [6.07, 6.45) is 1.17. The van der Waals surface area contributed by atoms with Crippen molar-refractivity contribution in [2.75, 3.05) is 0 Å². The first-order chi connectivity index (χ1) is 7.61. The third-order valence-corrected chi connectivity index (χ3v) is 2.91. The van der Waals surface area contributed by atoms with Gasteiger partial charge in [0.2, 0.25) is 5.95 Å². The van der Waals surface area contributed by atoms with Gasteiger partial charge in [-0.1, -0.05) is 35.3 Å². The predicted molar refractivity (Wildman–Crippen MR) is 59.6 cm³/mol. The summed E-state index contributed by atoms with van der Waals surface area (Å²) in [5.41, 5.74) is 0.382. The van der Waals surface area contributed by atoms with Gasteiger partial charge in [0.1, 0.15) is 0 Å². The van der Waals surface area contributed by atoms with Crippen LogP contribution in [0.15, 0.2) is 30.5 Å². The van der Waals surface area contributed by atoms with Crippen molar-refractivity contribution in [3.05, 3.63) is 52.3 Å². The first-order valence-electron chi connectivity index (χ1n) is 4.35. The van der Waals surface area contributed by atoms with Crippen LogP contribution in [0.4, 0.5) is 8.78 Å².